The van der Waals surface area contributed by atoms with Crippen molar-refractivity contribution >= 4 is 53.6 Å². The maximum absolute atomic E-state index is 12.9. The molecule has 53 heavy (non-hydrogen) atoms. The summed E-state index contributed by atoms with van der Waals surface area (Å²) in [7, 11) is 0. The number of halogens is 2. The predicted octanol–water partition coefficient (Wildman–Crippen LogP) is 4.37. The number of benzene rings is 1. The van der Waals surface area contributed by atoms with Gasteiger partial charge in [0.2, 0.25) is 0 Å². The number of hydrogen-bond donors (Lipinski definition) is 2. The van der Waals surface area contributed by atoms with Crippen molar-refractivity contribution in [2.75, 3.05) is 24.6 Å². The van der Waals surface area contributed by atoms with E-state index in [0.717, 1.165) is 15.4 Å². The lowest BCUT2D eigenvalue weighted by Gasteiger charge is -2.38. The molecule has 4 aliphatic rings. The number of urea groups is 2. The zero-order chi connectivity index (χ0) is 37.7. The second-order valence-corrected chi connectivity index (χ2v) is 12.6. The van der Waals surface area contributed by atoms with Gasteiger partial charge in [-0.05, 0) is 91.6 Å². The highest BCUT2D eigenvalue weighted by molar-refractivity contribution is 6.28. The van der Waals surface area contributed by atoms with Crippen LogP contribution in [0.1, 0.15) is 54.1 Å². The van der Waals surface area contributed by atoms with Crippen LogP contribution < -0.4 is 15.5 Å². The molecule has 1 saturated carbocycles. The first-order valence-corrected chi connectivity index (χ1v) is 16.9. The van der Waals surface area contributed by atoms with E-state index in [0.29, 0.717) is 49.4 Å². The third-order valence-electron chi connectivity index (χ3n) is 9.03. The van der Waals surface area contributed by atoms with Crippen molar-refractivity contribution in [2.45, 2.75) is 44.6 Å². The van der Waals surface area contributed by atoms with Gasteiger partial charge >= 0.3 is 18.0 Å². The van der Waals surface area contributed by atoms with Gasteiger partial charge < -0.3 is 20.3 Å². The molecule has 0 unspecified atom stereocenters. The van der Waals surface area contributed by atoms with Crippen LogP contribution in [0.25, 0.3) is 12.2 Å². The van der Waals surface area contributed by atoms with Gasteiger partial charge in [-0.1, -0.05) is 0 Å². The van der Waals surface area contributed by atoms with E-state index in [9.17, 15) is 37.5 Å². The topological polar surface area (TPSA) is 171 Å². The van der Waals surface area contributed by atoms with Gasteiger partial charge in [-0.15, -0.1) is 0 Å². The van der Waals surface area contributed by atoms with E-state index in [1.165, 1.54) is 6.08 Å². The summed E-state index contributed by atoms with van der Waals surface area (Å²) in [6, 6.07) is 11.2. The minimum atomic E-state index is -2.78. The zero-order valence-corrected chi connectivity index (χ0v) is 28.5. The number of amides is 7. The Labute approximate surface area is 302 Å². The maximum Gasteiger partial charge on any atom is 0.333 e. The van der Waals surface area contributed by atoms with Crippen molar-refractivity contribution in [2.24, 2.45) is 5.92 Å². The molecule has 2 aromatic heterocycles. The zero-order valence-electron chi connectivity index (χ0n) is 28.5. The first-order chi connectivity index (χ1) is 25.4. The summed E-state index contributed by atoms with van der Waals surface area (Å²) >= 11 is 0. The van der Waals surface area contributed by atoms with Crippen molar-refractivity contribution in [1.82, 2.24) is 30.4 Å². The van der Waals surface area contributed by atoms with E-state index in [1.807, 2.05) is 0 Å². The standard InChI is InChI=1S/C24H24N4O5.C13H11F2N3O2/c1-2-33-23(31)18-9-13-27(14-10-18)21(29)17-3-5-19(6-4-17)28-22(30)20(26-24(28)32)15-16-7-11-25-12-8-16;14-13(15)6-9(7-13)18-11(19)10(17-12(18)20)5-8-1-3-16-4-2-8/h3-8,11-12,15,18H,2,9-10,13-14H2,1H3,(H,26,32);1-5,9H,6-7H2,(H,17,20)/b20-15-;10-5-. The molecule has 16 heteroatoms. The maximum atomic E-state index is 12.9. The summed E-state index contributed by atoms with van der Waals surface area (Å²) in [5.74, 6) is -4.35. The van der Waals surface area contributed by atoms with E-state index >= 15 is 0 Å². The van der Waals surface area contributed by atoms with Gasteiger partial charge in [-0.25, -0.2) is 23.3 Å². The van der Waals surface area contributed by atoms with E-state index in [-0.39, 0.29) is 29.2 Å². The number of piperidine rings is 1. The van der Waals surface area contributed by atoms with Gasteiger partial charge in [0.15, 0.2) is 0 Å². The molecular weight excluding hydrogens is 692 g/mol. The number of carbonyl (C=O) groups is 6. The molecule has 1 aliphatic carbocycles. The Bertz CT molecular complexity index is 1960. The van der Waals surface area contributed by atoms with Crippen molar-refractivity contribution in [3.05, 3.63) is 101 Å². The summed E-state index contributed by atoms with van der Waals surface area (Å²) in [5.41, 5.74) is 2.51. The number of ether oxygens (including phenoxy) is 1. The Morgan fingerprint density at radius 2 is 1.34 bits per heavy atom. The normalized spacial score (nSPS) is 20.2. The molecule has 3 aromatic rings. The smallest absolute Gasteiger partial charge is 0.333 e. The molecule has 5 heterocycles. The third kappa shape index (κ3) is 8.27. The molecule has 7 amide bonds. The fourth-order valence-corrected chi connectivity index (χ4v) is 6.23. The molecule has 7 rings (SSSR count). The molecule has 0 atom stereocenters. The number of likely N-dealkylation sites (tertiary alicyclic amines) is 1. The minimum Gasteiger partial charge on any atom is -0.466 e. The lowest BCUT2D eigenvalue weighted by atomic mass is 9.87. The van der Waals surface area contributed by atoms with E-state index in [1.54, 1.807) is 91.2 Å². The summed E-state index contributed by atoms with van der Waals surface area (Å²) in [5, 5.41) is 4.99. The number of nitrogens with zero attached hydrogens (tertiary/aromatic N) is 5. The minimum absolute atomic E-state index is 0.0939. The summed E-state index contributed by atoms with van der Waals surface area (Å²) in [6.45, 7) is 3.07. The van der Waals surface area contributed by atoms with Gasteiger partial charge in [0.25, 0.3) is 23.6 Å². The molecule has 3 aliphatic heterocycles. The van der Waals surface area contributed by atoms with E-state index in [2.05, 4.69) is 20.6 Å². The average Bonchev–Trinajstić information content (AvgIpc) is 3.58. The number of imide groups is 2. The van der Waals surface area contributed by atoms with Gasteiger partial charge in [0, 0.05) is 56.3 Å². The molecule has 0 spiro atoms. The Kier molecular flexibility index (Phi) is 10.7. The van der Waals surface area contributed by atoms with Crippen LogP contribution in [0.4, 0.5) is 24.1 Å². The van der Waals surface area contributed by atoms with Crippen LogP contribution in [0.3, 0.4) is 0 Å². The van der Waals surface area contributed by atoms with Gasteiger partial charge in [-0.2, -0.15) is 0 Å². The first kappa shape index (κ1) is 36.5. The van der Waals surface area contributed by atoms with E-state index in [4.69, 9.17) is 4.74 Å². The van der Waals surface area contributed by atoms with Crippen molar-refractivity contribution in [3.8, 4) is 0 Å². The van der Waals surface area contributed by atoms with Gasteiger partial charge in [-0.3, -0.25) is 34.0 Å². The molecular formula is C37H35F2N7O7. The number of hydrogen-bond acceptors (Lipinski definition) is 9. The fraction of sp³-hybridized carbons (Fsp3) is 0.297. The molecule has 0 bridgehead atoms. The first-order valence-electron chi connectivity index (χ1n) is 16.9. The molecule has 2 N–H and O–H groups in total. The Morgan fingerprint density at radius 3 is 1.87 bits per heavy atom. The number of carbonyl (C=O) groups excluding carboxylic acids is 6. The summed E-state index contributed by atoms with van der Waals surface area (Å²) in [4.78, 5) is 85.1. The molecule has 14 nitrogen and oxygen atoms in total. The second kappa shape index (κ2) is 15.5. The number of esters is 1. The molecule has 0 radical (unpaired) electrons. The number of pyridine rings is 2. The lowest BCUT2D eigenvalue weighted by molar-refractivity contribution is -0.149. The fourth-order valence-electron chi connectivity index (χ4n) is 6.23. The van der Waals surface area contributed by atoms with Crippen LogP contribution in [0, 0.1) is 5.92 Å². The predicted molar refractivity (Wildman–Crippen MR) is 185 cm³/mol. The average molecular weight is 728 g/mol. The number of anilines is 1. The molecule has 1 aromatic carbocycles. The highest BCUT2D eigenvalue weighted by Crippen LogP contribution is 2.41. The summed E-state index contributed by atoms with van der Waals surface area (Å²) in [6.07, 6.45) is 9.59. The second-order valence-electron chi connectivity index (χ2n) is 12.6. The Morgan fingerprint density at radius 1 is 0.811 bits per heavy atom. The van der Waals surface area contributed by atoms with Crippen molar-refractivity contribution in [3.63, 3.8) is 0 Å². The van der Waals surface area contributed by atoms with Crippen LogP contribution in [0.15, 0.2) is 84.7 Å². The Hall–Kier alpha value is -6.32. The lowest BCUT2D eigenvalue weighted by Crippen LogP contribution is -2.53. The molecule has 274 valence electrons. The summed E-state index contributed by atoms with van der Waals surface area (Å²) < 4.78 is 30.8. The molecule has 4 fully saturated rings. The number of aromatic nitrogens is 2. The number of alkyl halides is 2. The number of nitrogens with one attached hydrogen (secondary N) is 2. The van der Waals surface area contributed by atoms with Crippen LogP contribution >= 0.6 is 0 Å². The van der Waals surface area contributed by atoms with Crippen molar-refractivity contribution in [1.29, 1.82) is 0 Å². The van der Waals surface area contributed by atoms with Crippen LogP contribution in [-0.4, -0.2) is 87.2 Å². The van der Waals surface area contributed by atoms with Gasteiger partial charge in [0.05, 0.1) is 24.3 Å². The number of rotatable bonds is 7. The van der Waals surface area contributed by atoms with Crippen LogP contribution in [0.2, 0.25) is 0 Å². The van der Waals surface area contributed by atoms with Crippen LogP contribution in [0.5, 0.6) is 0 Å². The largest absolute Gasteiger partial charge is 0.466 e. The van der Waals surface area contributed by atoms with Gasteiger partial charge in [0.1, 0.15) is 11.4 Å². The van der Waals surface area contributed by atoms with E-state index < -0.39 is 48.7 Å². The molecule has 3 saturated heterocycles. The quantitative estimate of drug-likeness (QED) is 0.204. The SMILES string of the molecule is CCOC(=O)C1CCN(C(=O)c2ccc(N3C(=O)N/C(=C\c4ccncc4)C3=O)cc2)CC1.O=C1N/C(=C\c2ccncc2)C(=O)N1C1CC(F)(F)C1. The highest BCUT2D eigenvalue weighted by Gasteiger charge is 2.53. The highest BCUT2D eigenvalue weighted by atomic mass is 19.3. The monoisotopic (exact) mass is 727 g/mol. The third-order valence-corrected chi connectivity index (χ3v) is 9.03. The Balaban J connectivity index is 0.000000204. The van der Waals surface area contributed by atoms with Crippen LogP contribution in [-0.2, 0) is 19.1 Å². The van der Waals surface area contributed by atoms with Crippen molar-refractivity contribution < 1.29 is 42.3 Å².